The van der Waals surface area contributed by atoms with E-state index in [1.165, 1.54) is 0 Å². The summed E-state index contributed by atoms with van der Waals surface area (Å²) in [5, 5.41) is 3.07. The van der Waals surface area contributed by atoms with Crippen LogP contribution in [0, 0.1) is 0 Å². The molecule has 0 aliphatic carbocycles. The molecule has 3 rings (SSSR count). The quantitative estimate of drug-likeness (QED) is 0.600. The molecule has 1 aliphatic rings. The Hall–Kier alpha value is -2.22. The number of nitrogens with one attached hydrogen (secondary N) is 1. The van der Waals surface area contributed by atoms with Gasteiger partial charge in [0.25, 0.3) is 0 Å². The van der Waals surface area contributed by atoms with Gasteiger partial charge in [-0.2, -0.15) is 0 Å². The Morgan fingerprint density at radius 3 is 2.58 bits per heavy atom. The van der Waals surface area contributed by atoms with Gasteiger partial charge in [-0.05, 0) is 57.6 Å². The van der Waals surface area contributed by atoms with Crippen LogP contribution < -0.4 is 15.0 Å². The van der Waals surface area contributed by atoms with E-state index in [4.69, 9.17) is 4.74 Å². The molecule has 0 aromatic heterocycles. The van der Waals surface area contributed by atoms with Crippen LogP contribution in [-0.4, -0.2) is 81.4 Å². The number of rotatable bonds is 9. The maximum Gasteiger partial charge on any atom is 0.241 e. The first kappa shape index (κ1) is 23.4. The molecule has 31 heavy (non-hydrogen) atoms. The Morgan fingerprint density at radius 2 is 1.87 bits per heavy atom. The number of likely N-dealkylation sites (N-methyl/N-ethyl adjacent to an activating group) is 1. The number of anilines is 2. The summed E-state index contributed by atoms with van der Waals surface area (Å²) < 4.78 is 6.04. The molecule has 168 valence electrons. The van der Waals surface area contributed by atoms with Gasteiger partial charge in [-0.25, -0.2) is 0 Å². The van der Waals surface area contributed by atoms with Gasteiger partial charge in [-0.1, -0.05) is 18.2 Å². The summed E-state index contributed by atoms with van der Waals surface area (Å²) in [6.45, 7) is 6.95. The van der Waals surface area contributed by atoms with Gasteiger partial charge >= 0.3 is 0 Å². The van der Waals surface area contributed by atoms with Gasteiger partial charge in [0, 0.05) is 43.3 Å². The van der Waals surface area contributed by atoms with Crippen molar-refractivity contribution in [3.63, 3.8) is 0 Å². The van der Waals surface area contributed by atoms with E-state index in [0.717, 1.165) is 54.7 Å². The molecule has 0 saturated carbocycles. The molecule has 0 spiro atoms. The predicted octanol–water partition coefficient (Wildman–Crippen LogP) is 3.50. The molecule has 1 atom stereocenters. The average molecular weight is 443 g/mol. The predicted molar refractivity (Wildman–Crippen MR) is 131 cm³/mol. The molecule has 1 N–H and O–H groups in total. The van der Waals surface area contributed by atoms with Crippen LogP contribution in [0.3, 0.4) is 0 Å². The lowest BCUT2D eigenvalue weighted by Gasteiger charge is -2.39. The third-order valence-corrected chi connectivity index (χ3v) is 6.31. The minimum Gasteiger partial charge on any atom is -0.490 e. The highest BCUT2D eigenvalue weighted by atomic mass is 32.2. The van der Waals surface area contributed by atoms with Gasteiger partial charge in [0.2, 0.25) is 5.91 Å². The molecule has 1 heterocycles. The lowest BCUT2D eigenvalue weighted by molar-refractivity contribution is -0.120. The number of benzene rings is 2. The van der Waals surface area contributed by atoms with Crippen molar-refractivity contribution in [1.29, 1.82) is 0 Å². The largest absolute Gasteiger partial charge is 0.490 e. The van der Waals surface area contributed by atoms with Gasteiger partial charge in [-0.15, -0.1) is 11.8 Å². The second-order valence-electron chi connectivity index (χ2n) is 8.04. The summed E-state index contributed by atoms with van der Waals surface area (Å²) in [4.78, 5) is 20.7. The van der Waals surface area contributed by atoms with Crippen molar-refractivity contribution in [2.24, 2.45) is 0 Å². The zero-order valence-corrected chi connectivity index (χ0v) is 19.8. The van der Waals surface area contributed by atoms with Crippen LogP contribution in [-0.2, 0) is 4.79 Å². The van der Waals surface area contributed by atoms with Crippen LogP contribution in [0.5, 0.6) is 5.75 Å². The van der Waals surface area contributed by atoms with Crippen LogP contribution in [0.2, 0.25) is 0 Å². The van der Waals surface area contributed by atoms with Crippen LogP contribution in [0.1, 0.15) is 6.92 Å². The number of thioether (sulfide) groups is 1. The molecule has 1 saturated heterocycles. The van der Waals surface area contributed by atoms with Crippen LogP contribution in [0.15, 0.2) is 53.4 Å². The molecular weight excluding hydrogens is 408 g/mol. The van der Waals surface area contributed by atoms with E-state index in [2.05, 4.69) is 32.1 Å². The molecule has 1 amide bonds. The fraction of sp³-hybridized carbons (Fsp3) is 0.458. The Bertz CT molecular complexity index is 853. The van der Waals surface area contributed by atoms with Crippen molar-refractivity contribution in [1.82, 2.24) is 9.80 Å². The second kappa shape index (κ2) is 11.4. The maximum absolute atomic E-state index is 12.8. The summed E-state index contributed by atoms with van der Waals surface area (Å²) in [7, 11) is 4.09. The lowest BCUT2D eigenvalue weighted by Crippen LogP contribution is -2.52. The van der Waals surface area contributed by atoms with Crippen molar-refractivity contribution in [3.05, 3.63) is 48.5 Å². The first-order valence-electron chi connectivity index (χ1n) is 10.8. The standard InChI is InChI=1S/C24H34N4O2S/c1-19(24(29)25-20-8-7-9-21(18-20)31-4)27-12-14-28(15-13-27)22-10-5-6-11-23(22)30-17-16-26(2)3/h5-11,18-19H,12-17H2,1-4H3,(H,25,29)/t19-/m0/s1. The van der Waals surface area contributed by atoms with E-state index in [9.17, 15) is 4.79 Å². The van der Waals surface area contributed by atoms with Gasteiger partial charge in [0.1, 0.15) is 12.4 Å². The number of para-hydroxylation sites is 2. The molecule has 2 aromatic carbocycles. The molecule has 0 unspecified atom stereocenters. The highest BCUT2D eigenvalue weighted by Crippen LogP contribution is 2.29. The van der Waals surface area contributed by atoms with Crippen molar-refractivity contribution >= 4 is 29.0 Å². The number of carbonyl (C=O) groups is 1. The SMILES string of the molecule is CSc1cccc(NC(=O)[C@H](C)N2CCN(c3ccccc3OCCN(C)C)CC2)c1. The van der Waals surface area contributed by atoms with E-state index in [0.29, 0.717) is 6.61 Å². The van der Waals surface area contributed by atoms with E-state index in [-0.39, 0.29) is 11.9 Å². The fourth-order valence-electron chi connectivity index (χ4n) is 3.64. The number of amides is 1. The van der Waals surface area contributed by atoms with Crippen molar-refractivity contribution in [2.75, 3.05) is 69.9 Å². The van der Waals surface area contributed by atoms with Crippen molar-refractivity contribution in [2.45, 2.75) is 17.9 Å². The number of carbonyl (C=O) groups excluding carboxylic acids is 1. The Labute approximate surface area is 190 Å². The summed E-state index contributed by atoms with van der Waals surface area (Å²) >= 11 is 1.67. The molecule has 2 aromatic rings. The van der Waals surface area contributed by atoms with E-state index in [1.807, 2.05) is 63.7 Å². The Kier molecular flexibility index (Phi) is 8.63. The number of hydrogen-bond acceptors (Lipinski definition) is 6. The summed E-state index contributed by atoms with van der Waals surface area (Å²) in [6.07, 6.45) is 2.04. The first-order valence-corrected chi connectivity index (χ1v) is 12.0. The smallest absolute Gasteiger partial charge is 0.241 e. The zero-order valence-electron chi connectivity index (χ0n) is 19.0. The summed E-state index contributed by atoms with van der Waals surface area (Å²) in [5.41, 5.74) is 1.98. The Balaban J connectivity index is 1.55. The van der Waals surface area contributed by atoms with E-state index in [1.54, 1.807) is 11.8 Å². The number of ether oxygens (including phenoxy) is 1. The average Bonchev–Trinajstić information content (AvgIpc) is 2.79. The third-order valence-electron chi connectivity index (χ3n) is 5.58. The lowest BCUT2D eigenvalue weighted by atomic mass is 10.2. The third kappa shape index (κ3) is 6.63. The summed E-state index contributed by atoms with van der Waals surface area (Å²) in [5.74, 6) is 0.969. The molecule has 0 radical (unpaired) electrons. The molecular formula is C24H34N4O2S. The normalized spacial score (nSPS) is 15.7. The molecule has 6 nitrogen and oxygen atoms in total. The minimum atomic E-state index is -0.174. The second-order valence-corrected chi connectivity index (χ2v) is 8.92. The van der Waals surface area contributed by atoms with Gasteiger partial charge < -0.3 is 19.9 Å². The van der Waals surface area contributed by atoms with Crippen molar-refractivity contribution in [3.8, 4) is 5.75 Å². The molecule has 7 heteroatoms. The van der Waals surface area contributed by atoms with Gasteiger partial charge in [-0.3, -0.25) is 9.69 Å². The maximum atomic E-state index is 12.8. The molecule has 1 aliphatic heterocycles. The summed E-state index contributed by atoms with van der Waals surface area (Å²) in [6, 6.07) is 16.0. The Morgan fingerprint density at radius 1 is 1.13 bits per heavy atom. The number of hydrogen-bond donors (Lipinski definition) is 1. The van der Waals surface area contributed by atoms with Crippen LogP contribution in [0.25, 0.3) is 0 Å². The van der Waals surface area contributed by atoms with Crippen LogP contribution >= 0.6 is 11.8 Å². The van der Waals surface area contributed by atoms with Crippen LogP contribution in [0.4, 0.5) is 11.4 Å². The number of nitrogens with zero attached hydrogens (tertiary/aromatic N) is 3. The number of piperazine rings is 1. The van der Waals surface area contributed by atoms with Gasteiger partial charge in [0.05, 0.1) is 11.7 Å². The fourth-order valence-corrected chi connectivity index (χ4v) is 4.10. The van der Waals surface area contributed by atoms with E-state index < -0.39 is 0 Å². The first-order chi connectivity index (χ1) is 15.0. The molecule has 0 bridgehead atoms. The monoisotopic (exact) mass is 442 g/mol. The van der Waals surface area contributed by atoms with Crippen molar-refractivity contribution < 1.29 is 9.53 Å². The molecule has 1 fully saturated rings. The van der Waals surface area contributed by atoms with Gasteiger partial charge in [0.15, 0.2) is 0 Å². The minimum absolute atomic E-state index is 0.0409. The topological polar surface area (TPSA) is 48.1 Å². The zero-order chi connectivity index (χ0) is 22.2. The van der Waals surface area contributed by atoms with E-state index >= 15 is 0 Å². The highest BCUT2D eigenvalue weighted by molar-refractivity contribution is 7.98. The highest BCUT2D eigenvalue weighted by Gasteiger charge is 2.26.